The van der Waals surface area contributed by atoms with Gasteiger partial charge in [0.05, 0.1) is 9.92 Å². The van der Waals surface area contributed by atoms with Crippen LogP contribution in [0.2, 0.25) is 5.02 Å². The van der Waals surface area contributed by atoms with E-state index in [2.05, 4.69) is 5.32 Å². The number of sulfonamides is 1. The molecule has 144 valence electrons. The topological polar surface area (TPSA) is 69.7 Å². The molecule has 0 atom stereocenters. The molecule has 6 nitrogen and oxygen atoms in total. The van der Waals surface area contributed by atoms with Gasteiger partial charge in [-0.05, 0) is 23.8 Å². The monoisotopic (exact) mass is 411 g/mol. The highest BCUT2D eigenvalue weighted by Gasteiger charge is 2.30. The number of piperazine rings is 1. The van der Waals surface area contributed by atoms with E-state index in [1.807, 2.05) is 30.3 Å². The number of carbonyl (C=O) groups is 1. The molecule has 0 unspecified atom stereocenters. The minimum absolute atomic E-state index is 0.0594. The molecular weight excluding hydrogens is 393 g/mol. The van der Waals surface area contributed by atoms with E-state index in [1.54, 1.807) is 4.90 Å². The summed E-state index contributed by atoms with van der Waals surface area (Å²) in [4.78, 5) is 13.8. The average molecular weight is 412 g/mol. The Balaban J connectivity index is 1.57. The van der Waals surface area contributed by atoms with Crippen LogP contribution in [0.1, 0.15) is 5.56 Å². The minimum atomic E-state index is -3.78. The SMILES string of the molecule is O=C(NCc1ccccc1)N1CCN(S(=O)(=O)c2ccc(F)c(Cl)c2)CC1. The molecule has 0 aromatic heterocycles. The fourth-order valence-corrected chi connectivity index (χ4v) is 4.50. The highest BCUT2D eigenvalue weighted by Crippen LogP contribution is 2.23. The van der Waals surface area contributed by atoms with Gasteiger partial charge in [0.2, 0.25) is 10.0 Å². The number of halogens is 2. The fourth-order valence-electron chi connectivity index (χ4n) is 2.80. The van der Waals surface area contributed by atoms with Gasteiger partial charge in [-0.3, -0.25) is 0 Å². The second-order valence-electron chi connectivity index (χ2n) is 6.11. The Hall–Kier alpha value is -2.16. The summed E-state index contributed by atoms with van der Waals surface area (Å²) >= 11 is 5.69. The van der Waals surface area contributed by atoms with Gasteiger partial charge in [0, 0.05) is 32.7 Å². The standard InChI is InChI=1S/C18H19ClFN3O3S/c19-16-12-15(6-7-17(16)20)27(25,26)23-10-8-22(9-11-23)18(24)21-13-14-4-2-1-3-5-14/h1-7,12H,8-11,13H2,(H,21,24). The quantitative estimate of drug-likeness (QED) is 0.840. The van der Waals surface area contributed by atoms with Crippen molar-refractivity contribution in [3.8, 4) is 0 Å². The molecule has 3 rings (SSSR count). The number of carbonyl (C=O) groups excluding carboxylic acids is 1. The number of hydrogen-bond acceptors (Lipinski definition) is 3. The van der Waals surface area contributed by atoms with Gasteiger partial charge in [0.15, 0.2) is 0 Å². The molecule has 27 heavy (non-hydrogen) atoms. The van der Waals surface area contributed by atoms with Crippen LogP contribution in [-0.4, -0.2) is 49.8 Å². The maximum atomic E-state index is 13.3. The molecule has 1 aliphatic rings. The second kappa shape index (κ2) is 8.24. The van der Waals surface area contributed by atoms with Gasteiger partial charge < -0.3 is 10.2 Å². The molecule has 0 bridgehead atoms. The third kappa shape index (κ3) is 4.58. The zero-order valence-corrected chi connectivity index (χ0v) is 16.0. The molecule has 1 fully saturated rings. The normalized spacial score (nSPS) is 15.6. The number of rotatable bonds is 4. The second-order valence-corrected chi connectivity index (χ2v) is 8.46. The number of nitrogens with one attached hydrogen (secondary N) is 1. The van der Waals surface area contributed by atoms with Crippen LogP contribution < -0.4 is 5.32 Å². The molecule has 1 N–H and O–H groups in total. The largest absolute Gasteiger partial charge is 0.334 e. The lowest BCUT2D eigenvalue weighted by molar-refractivity contribution is 0.172. The maximum absolute atomic E-state index is 13.3. The summed E-state index contributed by atoms with van der Waals surface area (Å²) in [6, 6.07) is 12.6. The summed E-state index contributed by atoms with van der Waals surface area (Å²) < 4.78 is 39.9. The van der Waals surface area contributed by atoms with E-state index < -0.39 is 15.8 Å². The van der Waals surface area contributed by atoms with Crippen molar-refractivity contribution in [3.05, 3.63) is 64.9 Å². The Bertz CT molecular complexity index is 917. The molecule has 0 saturated carbocycles. The maximum Gasteiger partial charge on any atom is 0.317 e. The van der Waals surface area contributed by atoms with Crippen LogP contribution in [0.25, 0.3) is 0 Å². The number of amides is 2. The van der Waals surface area contributed by atoms with Crippen molar-refractivity contribution in [3.63, 3.8) is 0 Å². The van der Waals surface area contributed by atoms with Gasteiger partial charge in [-0.25, -0.2) is 17.6 Å². The lowest BCUT2D eigenvalue weighted by Gasteiger charge is -2.34. The Morgan fingerprint density at radius 1 is 1.07 bits per heavy atom. The van der Waals surface area contributed by atoms with E-state index in [0.717, 1.165) is 17.7 Å². The number of hydrogen-bond donors (Lipinski definition) is 1. The molecule has 0 radical (unpaired) electrons. The van der Waals surface area contributed by atoms with Gasteiger partial charge >= 0.3 is 6.03 Å². The summed E-state index contributed by atoms with van der Waals surface area (Å²) in [6.07, 6.45) is 0. The lowest BCUT2D eigenvalue weighted by Crippen LogP contribution is -2.52. The van der Waals surface area contributed by atoms with Gasteiger partial charge in [-0.2, -0.15) is 4.31 Å². The number of urea groups is 1. The van der Waals surface area contributed by atoms with Crippen LogP contribution in [0.15, 0.2) is 53.4 Å². The molecular formula is C18H19ClFN3O3S. The lowest BCUT2D eigenvalue weighted by atomic mass is 10.2. The van der Waals surface area contributed by atoms with Crippen LogP contribution in [0.3, 0.4) is 0 Å². The molecule has 1 aliphatic heterocycles. The Labute approximate surface area is 162 Å². The van der Waals surface area contributed by atoms with E-state index in [1.165, 1.54) is 10.4 Å². The molecule has 2 aromatic rings. The van der Waals surface area contributed by atoms with Crippen LogP contribution in [-0.2, 0) is 16.6 Å². The van der Waals surface area contributed by atoms with Crippen molar-refractivity contribution in [2.24, 2.45) is 0 Å². The fraction of sp³-hybridized carbons (Fsp3) is 0.278. The summed E-state index contributed by atoms with van der Waals surface area (Å²) in [7, 11) is -3.78. The smallest absolute Gasteiger partial charge is 0.317 e. The molecule has 1 saturated heterocycles. The Morgan fingerprint density at radius 2 is 1.74 bits per heavy atom. The van der Waals surface area contributed by atoms with Crippen LogP contribution in [0.4, 0.5) is 9.18 Å². The molecule has 2 aromatic carbocycles. The highest BCUT2D eigenvalue weighted by atomic mass is 35.5. The van der Waals surface area contributed by atoms with Crippen molar-refractivity contribution < 1.29 is 17.6 Å². The van der Waals surface area contributed by atoms with Gasteiger partial charge in [0.1, 0.15) is 5.82 Å². The van der Waals surface area contributed by atoms with Crippen LogP contribution in [0, 0.1) is 5.82 Å². The van der Waals surface area contributed by atoms with Gasteiger partial charge in [0.25, 0.3) is 0 Å². The van der Waals surface area contributed by atoms with E-state index in [4.69, 9.17) is 11.6 Å². The van der Waals surface area contributed by atoms with E-state index >= 15 is 0 Å². The third-order valence-electron chi connectivity index (χ3n) is 4.34. The Kier molecular flexibility index (Phi) is 5.98. The zero-order valence-electron chi connectivity index (χ0n) is 14.4. The molecule has 1 heterocycles. The van der Waals surface area contributed by atoms with Crippen molar-refractivity contribution in [1.82, 2.24) is 14.5 Å². The third-order valence-corrected chi connectivity index (χ3v) is 6.53. The highest BCUT2D eigenvalue weighted by molar-refractivity contribution is 7.89. The molecule has 2 amide bonds. The van der Waals surface area contributed by atoms with E-state index in [9.17, 15) is 17.6 Å². The molecule has 0 aliphatic carbocycles. The first-order valence-corrected chi connectivity index (χ1v) is 10.2. The zero-order chi connectivity index (χ0) is 19.4. The minimum Gasteiger partial charge on any atom is -0.334 e. The first kappa shape index (κ1) is 19.6. The predicted octanol–water partition coefficient (Wildman–Crippen LogP) is 2.70. The summed E-state index contributed by atoms with van der Waals surface area (Å²) in [5, 5.41) is 2.59. The van der Waals surface area contributed by atoms with Gasteiger partial charge in [-0.15, -0.1) is 0 Å². The van der Waals surface area contributed by atoms with E-state index in [-0.39, 0.29) is 42.1 Å². The summed E-state index contributed by atoms with van der Waals surface area (Å²) in [6.45, 7) is 1.28. The van der Waals surface area contributed by atoms with Crippen molar-refractivity contribution in [2.45, 2.75) is 11.4 Å². The average Bonchev–Trinajstić information content (AvgIpc) is 2.69. The van der Waals surface area contributed by atoms with Crippen LogP contribution in [0.5, 0.6) is 0 Å². The first-order chi connectivity index (χ1) is 12.9. The Morgan fingerprint density at radius 3 is 2.37 bits per heavy atom. The van der Waals surface area contributed by atoms with Crippen molar-refractivity contribution in [1.29, 1.82) is 0 Å². The summed E-state index contributed by atoms with van der Waals surface area (Å²) in [5.41, 5.74) is 0.986. The predicted molar refractivity (Wildman–Crippen MR) is 100 cm³/mol. The van der Waals surface area contributed by atoms with Crippen molar-refractivity contribution in [2.75, 3.05) is 26.2 Å². The van der Waals surface area contributed by atoms with Gasteiger partial charge in [-0.1, -0.05) is 41.9 Å². The summed E-state index contributed by atoms with van der Waals surface area (Å²) in [5.74, 6) is -0.671. The molecule has 9 heteroatoms. The van der Waals surface area contributed by atoms with Crippen molar-refractivity contribution >= 4 is 27.7 Å². The number of benzene rings is 2. The first-order valence-electron chi connectivity index (χ1n) is 8.40. The van der Waals surface area contributed by atoms with E-state index in [0.29, 0.717) is 6.54 Å². The number of nitrogens with zero attached hydrogens (tertiary/aromatic N) is 2. The molecule has 0 spiro atoms. The van der Waals surface area contributed by atoms with Crippen LogP contribution >= 0.6 is 11.6 Å².